The summed E-state index contributed by atoms with van der Waals surface area (Å²) in [6.07, 6.45) is -3.20. The summed E-state index contributed by atoms with van der Waals surface area (Å²) in [4.78, 5) is 1.95. The van der Waals surface area contributed by atoms with Gasteiger partial charge in [0, 0.05) is 12.6 Å². The van der Waals surface area contributed by atoms with Crippen molar-refractivity contribution in [1.29, 1.82) is 0 Å². The molecule has 1 saturated heterocycles. The quantitative estimate of drug-likeness (QED) is 0.784. The summed E-state index contributed by atoms with van der Waals surface area (Å²) in [6, 6.07) is 9.34. The van der Waals surface area contributed by atoms with E-state index in [1.165, 1.54) is 0 Å². The van der Waals surface area contributed by atoms with Gasteiger partial charge < -0.3 is 0 Å². The number of hydrogen-bond donors (Lipinski definition) is 0. The third kappa shape index (κ3) is 3.73. The fourth-order valence-electron chi connectivity index (χ4n) is 2.42. The lowest BCUT2D eigenvalue weighted by Gasteiger charge is -2.25. The maximum absolute atomic E-state index is 12.4. The van der Waals surface area contributed by atoms with Gasteiger partial charge in [-0.05, 0) is 24.9 Å². The van der Waals surface area contributed by atoms with Gasteiger partial charge >= 0.3 is 6.18 Å². The first-order valence-electron chi connectivity index (χ1n) is 5.89. The highest BCUT2D eigenvalue weighted by atomic mass is 19.4. The van der Waals surface area contributed by atoms with Crippen molar-refractivity contribution in [3.8, 4) is 0 Å². The van der Waals surface area contributed by atoms with E-state index in [4.69, 9.17) is 0 Å². The van der Waals surface area contributed by atoms with Crippen molar-refractivity contribution in [3.05, 3.63) is 35.9 Å². The van der Waals surface area contributed by atoms with Gasteiger partial charge in [0.15, 0.2) is 0 Å². The van der Waals surface area contributed by atoms with Crippen LogP contribution in [0.2, 0.25) is 0 Å². The molecule has 0 radical (unpaired) electrons. The van der Waals surface area contributed by atoms with Gasteiger partial charge in [-0.15, -0.1) is 0 Å². The minimum Gasteiger partial charge on any atom is -0.296 e. The van der Waals surface area contributed by atoms with E-state index in [1.54, 1.807) is 0 Å². The first-order chi connectivity index (χ1) is 8.04. The maximum atomic E-state index is 12.4. The zero-order chi connectivity index (χ0) is 12.3. The number of hydrogen-bond acceptors (Lipinski definition) is 1. The molecule has 0 aromatic heterocycles. The van der Waals surface area contributed by atoms with Gasteiger partial charge in [0.05, 0.1) is 6.42 Å². The number of rotatable bonds is 3. The van der Waals surface area contributed by atoms with E-state index < -0.39 is 12.6 Å². The van der Waals surface area contributed by atoms with Crippen molar-refractivity contribution in [2.24, 2.45) is 0 Å². The highest BCUT2D eigenvalue weighted by Crippen LogP contribution is 2.30. The van der Waals surface area contributed by atoms with Crippen molar-refractivity contribution < 1.29 is 13.2 Å². The lowest BCUT2D eigenvalue weighted by molar-refractivity contribution is -0.145. The molecule has 0 N–H and O–H groups in total. The molecular formula is C13H16F3N. The number of benzene rings is 1. The van der Waals surface area contributed by atoms with E-state index in [-0.39, 0.29) is 6.04 Å². The fraction of sp³-hybridized carbons (Fsp3) is 0.538. The minimum absolute atomic E-state index is 0.338. The molecule has 0 spiro atoms. The van der Waals surface area contributed by atoms with Crippen LogP contribution in [0.1, 0.15) is 24.8 Å². The van der Waals surface area contributed by atoms with Crippen LogP contribution >= 0.6 is 0 Å². The Morgan fingerprint density at radius 3 is 2.53 bits per heavy atom. The van der Waals surface area contributed by atoms with Gasteiger partial charge in [-0.25, -0.2) is 0 Å². The molecule has 0 aliphatic carbocycles. The highest BCUT2D eigenvalue weighted by molar-refractivity contribution is 5.14. The van der Waals surface area contributed by atoms with Crippen LogP contribution in [0.15, 0.2) is 30.3 Å². The molecule has 0 saturated carbocycles. The smallest absolute Gasteiger partial charge is 0.296 e. The molecule has 17 heavy (non-hydrogen) atoms. The molecular weight excluding hydrogens is 227 g/mol. The second kappa shape index (κ2) is 5.08. The van der Waals surface area contributed by atoms with Crippen molar-refractivity contribution in [2.45, 2.75) is 38.0 Å². The molecule has 1 unspecified atom stereocenters. The predicted molar refractivity (Wildman–Crippen MR) is 60.5 cm³/mol. The monoisotopic (exact) mass is 243 g/mol. The minimum atomic E-state index is -4.05. The summed E-state index contributed by atoms with van der Waals surface area (Å²) < 4.78 is 37.2. The van der Waals surface area contributed by atoms with Crippen LogP contribution in [0.5, 0.6) is 0 Å². The molecule has 1 nitrogen and oxygen atoms in total. The Hall–Kier alpha value is -1.03. The lowest BCUT2D eigenvalue weighted by Crippen LogP contribution is -2.32. The molecule has 0 bridgehead atoms. The Morgan fingerprint density at radius 2 is 1.88 bits per heavy atom. The summed E-state index contributed by atoms with van der Waals surface area (Å²) in [6.45, 7) is 1.40. The maximum Gasteiger partial charge on any atom is 0.390 e. The molecule has 1 fully saturated rings. The van der Waals surface area contributed by atoms with Crippen molar-refractivity contribution in [1.82, 2.24) is 4.90 Å². The topological polar surface area (TPSA) is 3.24 Å². The molecule has 2 rings (SSSR count). The highest BCUT2D eigenvalue weighted by Gasteiger charge is 2.36. The SMILES string of the molecule is FC(F)(F)CC1CCCN1Cc1ccccc1. The first-order valence-corrected chi connectivity index (χ1v) is 5.89. The van der Waals surface area contributed by atoms with Crippen LogP contribution in [0.4, 0.5) is 13.2 Å². The Bertz CT molecular complexity index is 347. The Balaban J connectivity index is 1.96. The largest absolute Gasteiger partial charge is 0.390 e. The average molecular weight is 243 g/mol. The number of halogens is 3. The zero-order valence-corrected chi connectivity index (χ0v) is 9.58. The molecule has 1 heterocycles. The summed E-state index contributed by atoms with van der Waals surface area (Å²) in [7, 11) is 0. The van der Waals surface area contributed by atoms with Crippen LogP contribution < -0.4 is 0 Å². The van der Waals surface area contributed by atoms with Crippen LogP contribution in [0.3, 0.4) is 0 Å². The van der Waals surface area contributed by atoms with Gasteiger partial charge in [-0.3, -0.25) is 4.90 Å². The summed E-state index contributed by atoms with van der Waals surface area (Å²) in [5, 5.41) is 0. The number of alkyl halides is 3. The van der Waals surface area contributed by atoms with Crippen LogP contribution in [0.25, 0.3) is 0 Å². The molecule has 4 heteroatoms. The van der Waals surface area contributed by atoms with E-state index in [0.29, 0.717) is 13.0 Å². The lowest BCUT2D eigenvalue weighted by atomic mass is 10.1. The molecule has 0 amide bonds. The molecule has 94 valence electrons. The Morgan fingerprint density at radius 1 is 1.18 bits per heavy atom. The van der Waals surface area contributed by atoms with E-state index >= 15 is 0 Å². The summed E-state index contributed by atoms with van der Waals surface area (Å²) in [5.74, 6) is 0. The van der Waals surface area contributed by atoms with Gasteiger partial charge in [-0.1, -0.05) is 30.3 Å². The Kier molecular flexibility index (Phi) is 3.72. The van der Waals surface area contributed by atoms with E-state index in [0.717, 1.165) is 18.5 Å². The fourth-order valence-corrected chi connectivity index (χ4v) is 2.42. The van der Waals surface area contributed by atoms with E-state index in [2.05, 4.69) is 0 Å². The molecule has 1 aliphatic heterocycles. The molecule has 1 aliphatic rings. The van der Waals surface area contributed by atoms with Crippen LogP contribution in [-0.4, -0.2) is 23.7 Å². The predicted octanol–water partition coefficient (Wildman–Crippen LogP) is 3.60. The van der Waals surface area contributed by atoms with Crippen molar-refractivity contribution in [3.63, 3.8) is 0 Å². The average Bonchev–Trinajstić information content (AvgIpc) is 2.65. The third-order valence-electron chi connectivity index (χ3n) is 3.19. The summed E-state index contributed by atoms with van der Waals surface area (Å²) in [5.41, 5.74) is 1.08. The van der Waals surface area contributed by atoms with Gasteiger partial charge in [0.2, 0.25) is 0 Å². The second-order valence-electron chi connectivity index (χ2n) is 4.57. The van der Waals surface area contributed by atoms with Crippen LogP contribution in [-0.2, 0) is 6.54 Å². The summed E-state index contributed by atoms with van der Waals surface area (Å²) >= 11 is 0. The van der Waals surface area contributed by atoms with Gasteiger partial charge in [-0.2, -0.15) is 13.2 Å². The normalized spacial score (nSPS) is 21.9. The van der Waals surface area contributed by atoms with Gasteiger partial charge in [0.25, 0.3) is 0 Å². The molecule has 1 atom stereocenters. The molecule has 1 aromatic rings. The van der Waals surface area contributed by atoms with Crippen molar-refractivity contribution >= 4 is 0 Å². The number of nitrogens with zero attached hydrogens (tertiary/aromatic N) is 1. The molecule has 1 aromatic carbocycles. The van der Waals surface area contributed by atoms with E-state index in [1.807, 2.05) is 35.2 Å². The standard InChI is InChI=1S/C13H16F3N/c14-13(15,16)9-12-7-4-8-17(12)10-11-5-2-1-3-6-11/h1-3,5-6,12H,4,7-10H2. The first kappa shape index (κ1) is 12.4. The third-order valence-corrected chi connectivity index (χ3v) is 3.19. The van der Waals surface area contributed by atoms with E-state index in [9.17, 15) is 13.2 Å². The zero-order valence-electron chi connectivity index (χ0n) is 9.58. The van der Waals surface area contributed by atoms with Gasteiger partial charge in [0.1, 0.15) is 0 Å². The van der Waals surface area contributed by atoms with Crippen molar-refractivity contribution in [2.75, 3.05) is 6.54 Å². The number of likely N-dealkylation sites (tertiary alicyclic amines) is 1. The Labute approximate surface area is 99.2 Å². The second-order valence-corrected chi connectivity index (χ2v) is 4.57. The van der Waals surface area contributed by atoms with Crippen LogP contribution in [0, 0.1) is 0 Å².